The summed E-state index contributed by atoms with van der Waals surface area (Å²) in [6.07, 6.45) is 0. The van der Waals surface area contributed by atoms with Crippen LogP contribution in [0.2, 0.25) is 5.02 Å². The second kappa shape index (κ2) is 9.75. The minimum absolute atomic E-state index is 0. The lowest BCUT2D eigenvalue weighted by molar-refractivity contribution is 0.588. The second-order valence-electron chi connectivity index (χ2n) is 3.67. The van der Waals surface area contributed by atoms with E-state index in [9.17, 15) is 0 Å². The van der Waals surface area contributed by atoms with Gasteiger partial charge < -0.3 is 10.2 Å². The summed E-state index contributed by atoms with van der Waals surface area (Å²) in [7, 11) is 5.73. The van der Waals surface area contributed by atoms with E-state index in [1.807, 2.05) is 43.3 Å². The van der Waals surface area contributed by atoms with Gasteiger partial charge in [0.25, 0.3) is 0 Å². The maximum atomic E-state index is 5.83. The molecule has 1 N–H and O–H groups in total. The van der Waals surface area contributed by atoms with Gasteiger partial charge in [-0.2, -0.15) is 0 Å². The first-order valence-corrected chi connectivity index (χ1v) is 6.76. The van der Waals surface area contributed by atoms with Gasteiger partial charge in [0.15, 0.2) is 5.96 Å². The fourth-order valence-corrected chi connectivity index (χ4v) is 2.19. The van der Waals surface area contributed by atoms with Crippen LogP contribution in [0.15, 0.2) is 34.2 Å². The highest BCUT2D eigenvalue weighted by molar-refractivity contribution is 14.0. The van der Waals surface area contributed by atoms with Gasteiger partial charge in [0.2, 0.25) is 0 Å². The third kappa shape index (κ3) is 6.70. The minimum atomic E-state index is 0. The SMILES string of the molecule is CN=C(NCCSc1ccc(Cl)cc1)N(C)C.I. The average Bonchev–Trinajstić information content (AvgIpc) is 2.31. The molecule has 0 heterocycles. The van der Waals surface area contributed by atoms with E-state index in [1.165, 1.54) is 4.90 Å². The number of aliphatic imine (C=N–C) groups is 1. The van der Waals surface area contributed by atoms with E-state index in [4.69, 9.17) is 11.6 Å². The van der Waals surface area contributed by atoms with Crippen molar-refractivity contribution in [3.05, 3.63) is 29.3 Å². The lowest BCUT2D eigenvalue weighted by Crippen LogP contribution is -2.37. The molecule has 1 rings (SSSR count). The molecule has 0 atom stereocenters. The van der Waals surface area contributed by atoms with E-state index in [1.54, 1.807) is 18.8 Å². The zero-order valence-electron chi connectivity index (χ0n) is 10.8. The van der Waals surface area contributed by atoms with Crippen molar-refractivity contribution < 1.29 is 0 Å². The molecular weight excluding hydrogens is 381 g/mol. The summed E-state index contributed by atoms with van der Waals surface area (Å²) in [5.41, 5.74) is 0. The minimum Gasteiger partial charge on any atom is -0.355 e. The van der Waals surface area contributed by atoms with Gasteiger partial charge in [-0.1, -0.05) is 11.6 Å². The smallest absolute Gasteiger partial charge is 0.193 e. The van der Waals surface area contributed by atoms with E-state index < -0.39 is 0 Å². The monoisotopic (exact) mass is 399 g/mol. The van der Waals surface area contributed by atoms with Crippen LogP contribution in [0.5, 0.6) is 0 Å². The molecule has 1 aromatic rings. The predicted octanol–water partition coefficient (Wildman–Crippen LogP) is 3.19. The molecule has 0 unspecified atom stereocenters. The van der Waals surface area contributed by atoms with Crippen molar-refractivity contribution in [3.63, 3.8) is 0 Å². The molecule has 0 aromatic heterocycles. The molecule has 0 saturated heterocycles. The molecule has 0 aliphatic rings. The molecule has 0 saturated carbocycles. The third-order valence-corrected chi connectivity index (χ3v) is 3.37. The van der Waals surface area contributed by atoms with E-state index >= 15 is 0 Å². The molecule has 0 amide bonds. The van der Waals surface area contributed by atoms with E-state index in [0.717, 1.165) is 23.3 Å². The number of hydrogen-bond donors (Lipinski definition) is 1. The first-order valence-electron chi connectivity index (χ1n) is 5.40. The van der Waals surface area contributed by atoms with Gasteiger partial charge in [-0.05, 0) is 24.3 Å². The van der Waals surface area contributed by atoms with Gasteiger partial charge in [0.05, 0.1) is 0 Å². The number of benzene rings is 1. The van der Waals surface area contributed by atoms with E-state index in [-0.39, 0.29) is 24.0 Å². The highest BCUT2D eigenvalue weighted by Crippen LogP contribution is 2.19. The number of nitrogens with one attached hydrogen (secondary N) is 1. The van der Waals surface area contributed by atoms with Gasteiger partial charge in [0, 0.05) is 43.4 Å². The fourth-order valence-electron chi connectivity index (χ4n) is 1.30. The Kier molecular flexibility index (Phi) is 9.67. The highest BCUT2D eigenvalue weighted by atomic mass is 127. The number of halogens is 2. The molecule has 0 bridgehead atoms. The molecule has 0 aliphatic carbocycles. The summed E-state index contributed by atoms with van der Waals surface area (Å²) in [4.78, 5) is 7.35. The molecule has 0 aliphatic heterocycles. The molecule has 0 radical (unpaired) electrons. The van der Waals surface area contributed by atoms with Crippen molar-refractivity contribution in [1.29, 1.82) is 0 Å². The van der Waals surface area contributed by atoms with Crippen LogP contribution in [-0.2, 0) is 0 Å². The Hall–Kier alpha value is -0.140. The van der Waals surface area contributed by atoms with Crippen LogP contribution in [-0.4, -0.2) is 44.3 Å². The number of rotatable bonds is 4. The van der Waals surface area contributed by atoms with Gasteiger partial charge in [-0.25, -0.2) is 0 Å². The molecule has 102 valence electrons. The van der Waals surface area contributed by atoms with E-state index in [2.05, 4.69) is 10.3 Å². The summed E-state index contributed by atoms with van der Waals surface area (Å²) in [6.45, 7) is 0.887. The van der Waals surface area contributed by atoms with Gasteiger partial charge in [0.1, 0.15) is 0 Å². The Bertz CT molecular complexity index is 368. The zero-order chi connectivity index (χ0) is 12.7. The van der Waals surface area contributed by atoms with Crippen LogP contribution in [0, 0.1) is 0 Å². The van der Waals surface area contributed by atoms with Crippen molar-refractivity contribution >= 4 is 53.3 Å². The molecule has 1 aromatic carbocycles. The fraction of sp³-hybridized carbons (Fsp3) is 0.417. The number of hydrogen-bond acceptors (Lipinski definition) is 2. The van der Waals surface area contributed by atoms with Crippen LogP contribution in [0.4, 0.5) is 0 Å². The van der Waals surface area contributed by atoms with Gasteiger partial charge in [-0.15, -0.1) is 35.7 Å². The maximum Gasteiger partial charge on any atom is 0.193 e. The Morgan fingerprint density at radius 2 is 1.94 bits per heavy atom. The Labute approximate surface area is 135 Å². The quantitative estimate of drug-likeness (QED) is 0.277. The molecule has 3 nitrogen and oxygen atoms in total. The molecule has 0 spiro atoms. The third-order valence-electron chi connectivity index (χ3n) is 2.10. The molecule has 6 heteroatoms. The van der Waals surface area contributed by atoms with Crippen LogP contribution in [0.1, 0.15) is 0 Å². The predicted molar refractivity (Wildman–Crippen MR) is 92.6 cm³/mol. The largest absolute Gasteiger partial charge is 0.355 e. The summed E-state index contributed by atoms with van der Waals surface area (Å²) in [6, 6.07) is 7.90. The molecular formula is C12H19ClIN3S. The van der Waals surface area contributed by atoms with Crippen molar-refractivity contribution in [1.82, 2.24) is 10.2 Å². The van der Waals surface area contributed by atoms with Crippen LogP contribution in [0.25, 0.3) is 0 Å². The lowest BCUT2D eigenvalue weighted by atomic mass is 10.4. The number of nitrogens with zero attached hydrogens (tertiary/aromatic N) is 2. The summed E-state index contributed by atoms with van der Waals surface area (Å²) >= 11 is 7.62. The van der Waals surface area contributed by atoms with Crippen molar-refractivity contribution in [3.8, 4) is 0 Å². The maximum absolute atomic E-state index is 5.83. The Balaban J connectivity index is 0.00000289. The molecule has 18 heavy (non-hydrogen) atoms. The van der Waals surface area contributed by atoms with Crippen LogP contribution < -0.4 is 5.32 Å². The van der Waals surface area contributed by atoms with Crippen molar-refractivity contribution in [2.75, 3.05) is 33.4 Å². The summed E-state index contributed by atoms with van der Waals surface area (Å²) < 4.78 is 0. The van der Waals surface area contributed by atoms with E-state index in [0.29, 0.717) is 0 Å². The van der Waals surface area contributed by atoms with Crippen molar-refractivity contribution in [2.45, 2.75) is 4.90 Å². The highest BCUT2D eigenvalue weighted by Gasteiger charge is 1.99. The van der Waals surface area contributed by atoms with Crippen LogP contribution >= 0.6 is 47.3 Å². The van der Waals surface area contributed by atoms with Gasteiger partial charge >= 0.3 is 0 Å². The van der Waals surface area contributed by atoms with Crippen molar-refractivity contribution in [2.24, 2.45) is 4.99 Å². The zero-order valence-corrected chi connectivity index (χ0v) is 14.7. The lowest BCUT2D eigenvalue weighted by Gasteiger charge is -2.16. The Morgan fingerprint density at radius 3 is 2.44 bits per heavy atom. The van der Waals surface area contributed by atoms with Crippen LogP contribution in [0.3, 0.4) is 0 Å². The standard InChI is InChI=1S/C12H18ClN3S.HI/c1-14-12(16(2)3)15-8-9-17-11-6-4-10(13)5-7-11;/h4-7H,8-9H2,1-3H3,(H,14,15);1H. The summed E-state index contributed by atoms with van der Waals surface area (Å²) in [5, 5.41) is 4.06. The number of guanidine groups is 1. The topological polar surface area (TPSA) is 27.6 Å². The second-order valence-corrected chi connectivity index (χ2v) is 5.28. The normalized spacial score (nSPS) is 10.8. The Morgan fingerprint density at radius 1 is 1.33 bits per heavy atom. The summed E-state index contributed by atoms with van der Waals surface area (Å²) in [5.74, 6) is 1.90. The van der Waals surface area contributed by atoms with Gasteiger partial charge in [-0.3, -0.25) is 4.99 Å². The first kappa shape index (κ1) is 17.9. The number of thioether (sulfide) groups is 1. The average molecular weight is 400 g/mol. The first-order chi connectivity index (χ1) is 8.13. The molecule has 0 fully saturated rings.